The molecule has 0 amide bonds. The Morgan fingerprint density at radius 2 is 1.79 bits per heavy atom. The SMILES string of the molecule is CCC1CNC2(CCCC2)CN1CC1CCCCC1. The molecule has 1 unspecified atom stereocenters. The summed E-state index contributed by atoms with van der Waals surface area (Å²) in [6.45, 7) is 6.33. The van der Waals surface area contributed by atoms with Crippen molar-refractivity contribution in [1.82, 2.24) is 10.2 Å². The van der Waals surface area contributed by atoms with Gasteiger partial charge in [-0.3, -0.25) is 4.90 Å². The molecule has 0 bridgehead atoms. The van der Waals surface area contributed by atoms with E-state index in [0.717, 1.165) is 12.0 Å². The molecule has 1 heterocycles. The minimum atomic E-state index is 0.500. The van der Waals surface area contributed by atoms with Gasteiger partial charge in [-0.05, 0) is 38.0 Å². The van der Waals surface area contributed by atoms with E-state index in [-0.39, 0.29) is 0 Å². The number of hydrogen-bond donors (Lipinski definition) is 1. The van der Waals surface area contributed by atoms with E-state index in [1.54, 1.807) is 0 Å². The largest absolute Gasteiger partial charge is 0.308 e. The minimum Gasteiger partial charge on any atom is -0.308 e. The maximum Gasteiger partial charge on any atom is 0.0309 e. The number of nitrogens with one attached hydrogen (secondary N) is 1. The first-order valence-corrected chi connectivity index (χ1v) is 8.80. The molecule has 3 aliphatic rings. The Hall–Kier alpha value is -0.0800. The number of hydrogen-bond acceptors (Lipinski definition) is 2. The molecule has 1 aliphatic heterocycles. The molecule has 3 fully saturated rings. The lowest BCUT2D eigenvalue weighted by molar-refractivity contribution is 0.0580. The summed E-state index contributed by atoms with van der Waals surface area (Å²) in [5, 5.41) is 3.92. The third kappa shape index (κ3) is 3.16. The molecule has 2 aliphatic carbocycles. The Balaban J connectivity index is 1.61. The second-order valence-electron chi connectivity index (χ2n) is 7.36. The summed E-state index contributed by atoms with van der Waals surface area (Å²) in [5.74, 6) is 0.999. The molecule has 1 spiro atoms. The zero-order valence-corrected chi connectivity index (χ0v) is 12.8. The van der Waals surface area contributed by atoms with Gasteiger partial charge >= 0.3 is 0 Å². The van der Waals surface area contributed by atoms with Crippen molar-refractivity contribution in [1.29, 1.82) is 0 Å². The Morgan fingerprint density at radius 3 is 2.47 bits per heavy atom. The first-order chi connectivity index (χ1) is 9.31. The topological polar surface area (TPSA) is 15.3 Å². The molecule has 19 heavy (non-hydrogen) atoms. The van der Waals surface area contributed by atoms with Gasteiger partial charge in [0.05, 0.1) is 0 Å². The van der Waals surface area contributed by atoms with Crippen LogP contribution in [-0.2, 0) is 0 Å². The maximum absolute atomic E-state index is 3.92. The van der Waals surface area contributed by atoms with Crippen LogP contribution in [0.25, 0.3) is 0 Å². The Kier molecular flexibility index (Phi) is 4.48. The first kappa shape index (κ1) is 13.9. The van der Waals surface area contributed by atoms with Crippen LogP contribution in [0.15, 0.2) is 0 Å². The van der Waals surface area contributed by atoms with E-state index in [1.807, 2.05) is 0 Å². The van der Waals surface area contributed by atoms with Gasteiger partial charge in [-0.2, -0.15) is 0 Å². The van der Waals surface area contributed by atoms with E-state index >= 15 is 0 Å². The molecule has 0 aromatic heterocycles. The third-order valence-electron chi connectivity index (χ3n) is 5.98. The maximum atomic E-state index is 3.92. The van der Waals surface area contributed by atoms with E-state index in [9.17, 15) is 0 Å². The fourth-order valence-electron chi connectivity index (χ4n) is 4.74. The predicted molar refractivity (Wildman–Crippen MR) is 81.4 cm³/mol. The minimum absolute atomic E-state index is 0.500. The molecule has 110 valence electrons. The standard InChI is InChI=1S/C17H32N2/c1-2-16-12-18-17(10-6-7-11-17)14-19(16)13-15-8-4-3-5-9-15/h15-16,18H,2-14H2,1H3. The highest BCUT2D eigenvalue weighted by Gasteiger charge is 2.40. The second kappa shape index (κ2) is 6.13. The summed E-state index contributed by atoms with van der Waals surface area (Å²) >= 11 is 0. The highest BCUT2D eigenvalue weighted by atomic mass is 15.3. The summed E-state index contributed by atoms with van der Waals surface area (Å²) < 4.78 is 0. The monoisotopic (exact) mass is 264 g/mol. The molecule has 0 radical (unpaired) electrons. The molecule has 2 heteroatoms. The Morgan fingerprint density at radius 1 is 1.05 bits per heavy atom. The Labute approximate surface area is 119 Å². The van der Waals surface area contributed by atoms with Crippen molar-refractivity contribution < 1.29 is 0 Å². The van der Waals surface area contributed by atoms with Gasteiger partial charge in [0.25, 0.3) is 0 Å². The molecular formula is C17H32N2. The fraction of sp³-hybridized carbons (Fsp3) is 1.00. The lowest BCUT2D eigenvalue weighted by Gasteiger charge is -2.47. The summed E-state index contributed by atoms with van der Waals surface area (Å²) in [4.78, 5) is 2.87. The average Bonchev–Trinajstić information content (AvgIpc) is 2.88. The first-order valence-electron chi connectivity index (χ1n) is 8.80. The van der Waals surface area contributed by atoms with Gasteiger partial charge < -0.3 is 5.32 Å². The lowest BCUT2D eigenvalue weighted by Crippen LogP contribution is -2.63. The molecule has 3 rings (SSSR count). The van der Waals surface area contributed by atoms with Crippen LogP contribution in [0.3, 0.4) is 0 Å². The van der Waals surface area contributed by atoms with E-state index in [1.165, 1.54) is 83.8 Å². The van der Waals surface area contributed by atoms with Crippen LogP contribution in [-0.4, -0.2) is 36.1 Å². The van der Waals surface area contributed by atoms with E-state index < -0.39 is 0 Å². The van der Waals surface area contributed by atoms with Gasteiger partial charge in [-0.25, -0.2) is 0 Å². The van der Waals surface area contributed by atoms with Crippen molar-refractivity contribution in [3.05, 3.63) is 0 Å². The molecule has 2 nitrogen and oxygen atoms in total. The van der Waals surface area contributed by atoms with Gasteiger partial charge in [-0.15, -0.1) is 0 Å². The lowest BCUT2D eigenvalue weighted by atomic mass is 9.86. The highest BCUT2D eigenvalue weighted by molar-refractivity contribution is 5.01. The normalized spacial score (nSPS) is 33.0. The number of nitrogens with zero attached hydrogens (tertiary/aromatic N) is 1. The molecular weight excluding hydrogens is 232 g/mol. The highest BCUT2D eigenvalue weighted by Crippen LogP contribution is 2.35. The fourth-order valence-corrected chi connectivity index (χ4v) is 4.74. The smallest absolute Gasteiger partial charge is 0.0309 e. The summed E-state index contributed by atoms with van der Waals surface area (Å²) in [6.07, 6.45) is 14.5. The molecule has 1 atom stereocenters. The summed E-state index contributed by atoms with van der Waals surface area (Å²) in [7, 11) is 0. The molecule has 1 N–H and O–H groups in total. The van der Waals surface area contributed by atoms with E-state index in [0.29, 0.717) is 5.54 Å². The van der Waals surface area contributed by atoms with Crippen LogP contribution in [0.1, 0.15) is 71.1 Å². The van der Waals surface area contributed by atoms with Crippen molar-refractivity contribution >= 4 is 0 Å². The molecule has 1 saturated heterocycles. The zero-order valence-electron chi connectivity index (χ0n) is 12.8. The van der Waals surface area contributed by atoms with Gasteiger partial charge in [0, 0.05) is 31.2 Å². The summed E-state index contributed by atoms with van der Waals surface area (Å²) in [6, 6.07) is 0.799. The third-order valence-corrected chi connectivity index (χ3v) is 5.98. The van der Waals surface area contributed by atoms with Crippen molar-refractivity contribution in [2.45, 2.75) is 82.7 Å². The molecule has 0 aromatic carbocycles. The van der Waals surface area contributed by atoms with E-state index in [4.69, 9.17) is 0 Å². The molecule has 0 aromatic rings. The van der Waals surface area contributed by atoms with Crippen LogP contribution in [0, 0.1) is 5.92 Å². The van der Waals surface area contributed by atoms with E-state index in [2.05, 4.69) is 17.1 Å². The Bertz CT molecular complexity index is 277. The van der Waals surface area contributed by atoms with Crippen molar-refractivity contribution in [3.63, 3.8) is 0 Å². The second-order valence-corrected chi connectivity index (χ2v) is 7.36. The van der Waals surface area contributed by atoms with Gasteiger partial charge in [-0.1, -0.05) is 39.0 Å². The van der Waals surface area contributed by atoms with Gasteiger partial charge in [0.1, 0.15) is 0 Å². The van der Waals surface area contributed by atoms with Crippen LogP contribution in [0.4, 0.5) is 0 Å². The summed E-state index contributed by atoms with van der Waals surface area (Å²) in [5.41, 5.74) is 0.500. The van der Waals surface area contributed by atoms with Crippen LogP contribution in [0.2, 0.25) is 0 Å². The van der Waals surface area contributed by atoms with Crippen molar-refractivity contribution in [2.24, 2.45) is 5.92 Å². The zero-order chi connectivity index (χ0) is 13.1. The van der Waals surface area contributed by atoms with Crippen molar-refractivity contribution in [3.8, 4) is 0 Å². The predicted octanol–water partition coefficient (Wildman–Crippen LogP) is 3.56. The number of rotatable bonds is 3. The van der Waals surface area contributed by atoms with Crippen LogP contribution < -0.4 is 5.32 Å². The van der Waals surface area contributed by atoms with Crippen LogP contribution in [0.5, 0.6) is 0 Å². The average molecular weight is 264 g/mol. The number of piperazine rings is 1. The van der Waals surface area contributed by atoms with Gasteiger partial charge in [0.2, 0.25) is 0 Å². The van der Waals surface area contributed by atoms with Crippen LogP contribution >= 0.6 is 0 Å². The van der Waals surface area contributed by atoms with Crippen molar-refractivity contribution in [2.75, 3.05) is 19.6 Å². The quantitative estimate of drug-likeness (QED) is 0.838. The molecule has 2 saturated carbocycles. The van der Waals surface area contributed by atoms with Gasteiger partial charge in [0.15, 0.2) is 0 Å².